The Morgan fingerprint density at radius 2 is 1.71 bits per heavy atom. The second kappa shape index (κ2) is 8.79. The van der Waals surface area contributed by atoms with Crippen molar-refractivity contribution in [1.29, 1.82) is 0 Å². The van der Waals surface area contributed by atoms with Crippen molar-refractivity contribution in [3.05, 3.63) is 66.5 Å². The lowest BCUT2D eigenvalue weighted by molar-refractivity contribution is -0.125. The molecular weight excluding hydrogens is 388 g/mol. The van der Waals surface area contributed by atoms with Crippen LogP contribution in [0.1, 0.15) is 43.0 Å². The average Bonchev–Trinajstić information content (AvgIpc) is 3.69. The molecule has 5 rings (SSSR count). The Kier molecular flexibility index (Phi) is 5.56. The van der Waals surface area contributed by atoms with Gasteiger partial charge in [0, 0.05) is 42.2 Å². The van der Waals surface area contributed by atoms with Crippen LogP contribution in [0.25, 0.3) is 11.3 Å². The van der Waals surface area contributed by atoms with Crippen LogP contribution in [-0.4, -0.2) is 38.9 Å². The first-order valence-corrected chi connectivity index (χ1v) is 11.0. The zero-order chi connectivity index (χ0) is 21.0. The molecule has 2 fully saturated rings. The van der Waals surface area contributed by atoms with Crippen LogP contribution in [-0.2, 0) is 11.3 Å². The fraction of sp³-hybridized carbons (Fsp3) is 0.375. The second-order valence-corrected chi connectivity index (χ2v) is 8.32. The highest BCUT2D eigenvalue weighted by molar-refractivity contribution is 5.79. The molecule has 1 saturated carbocycles. The van der Waals surface area contributed by atoms with Crippen molar-refractivity contribution in [3.8, 4) is 11.3 Å². The van der Waals surface area contributed by atoms with Crippen molar-refractivity contribution >= 4 is 11.7 Å². The van der Waals surface area contributed by atoms with Crippen LogP contribution >= 0.6 is 0 Å². The number of piperidine rings is 1. The van der Waals surface area contributed by atoms with Gasteiger partial charge in [0.1, 0.15) is 18.5 Å². The third-order valence-corrected chi connectivity index (χ3v) is 6.10. The van der Waals surface area contributed by atoms with E-state index in [1.807, 2.05) is 42.5 Å². The summed E-state index contributed by atoms with van der Waals surface area (Å²) < 4.78 is 0. The van der Waals surface area contributed by atoms with Gasteiger partial charge in [-0.25, -0.2) is 19.9 Å². The van der Waals surface area contributed by atoms with E-state index < -0.39 is 0 Å². The zero-order valence-electron chi connectivity index (χ0n) is 17.4. The van der Waals surface area contributed by atoms with E-state index in [-0.39, 0.29) is 11.8 Å². The molecule has 1 aliphatic carbocycles. The fourth-order valence-electron chi connectivity index (χ4n) is 4.09. The number of aromatic nitrogens is 4. The van der Waals surface area contributed by atoms with Gasteiger partial charge in [0.05, 0.1) is 17.9 Å². The highest BCUT2D eigenvalue weighted by Gasteiger charge is 2.27. The van der Waals surface area contributed by atoms with Crippen molar-refractivity contribution < 1.29 is 4.79 Å². The summed E-state index contributed by atoms with van der Waals surface area (Å²) in [5, 5.41) is 3.07. The van der Waals surface area contributed by atoms with Gasteiger partial charge in [-0.2, -0.15) is 0 Å². The first-order chi connectivity index (χ1) is 15.3. The predicted molar refractivity (Wildman–Crippen MR) is 118 cm³/mol. The number of hydrogen-bond donors (Lipinski definition) is 1. The number of benzene rings is 1. The lowest BCUT2D eigenvalue weighted by Gasteiger charge is -2.32. The van der Waals surface area contributed by atoms with E-state index in [1.165, 1.54) is 12.8 Å². The lowest BCUT2D eigenvalue weighted by Crippen LogP contribution is -2.40. The SMILES string of the molecule is O=C(NCc1cc(C2CC2)ncn1)C1CCN(c2cc(-c3ccccc3)ncn2)CC1. The minimum atomic E-state index is 0.0245. The van der Waals surface area contributed by atoms with E-state index in [0.717, 1.165) is 54.4 Å². The minimum absolute atomic E-state index is 0.0245. The number of carbonyl (C=O) groups excluding carboxylic acids is 1. The molecule has 0 unspecified atom stereocenters. The van der Waals surface area contributed by atoms with Crippen molar-refractivity contribution in [2.45, 2.75) is 38.1 Å². The van der Waals surface area contributed by atoms with Gasteiger partial charge in [0.2, 0.25) is 5.91 Å². The molecule has 1 N–H and O–H groups in total. The fourth-order valence-corrected chi connectivity index (χ4v) is 4.09. The third-order valence-electron chi connectivity index (χ3n) is 6.10. The summed E-state index contributed by atoms with van der Waals surface area (Å²) in [6.45, 7) is 2.08. The molecule has 7 heteroatoms. The van der Waals surface area contributed by atoms with Gasteiger partial charge in [0.15, 0.2) is 0 Å². The van der Waals surface area contributed by atoms with Gasteiger partial charge < -0.3 is 10.2 Å². The number of hydrogen-bond acceptors (Lipinski definition) is 6. The van der Waals surface area contributed by atoms with Gasteiger partial charge >= 0.3 is 0 Å². The van der Waals surface area contributed by atoms with E-state index >= 15 is 0 Å². The number of anilines is 1. The quantitative estimate of drug-likeness (QED) is 0.666. The molecule has 2 aromatic heterocycles. The molecular formula is C24H26N6O. The Balaban J connectivity index is 1.15. The van der Waals surface area contributed by atoms with Gasteiger partial charge in [-0.1, -0.05) is 30.3 Å². The van der Waals surface area contributed by atoms with Crippen LogP contribution in [0.3, 0.4) is 0 Å². The van der Waals surface area contributed by atoms with Crippen LogP contribution < -0.4 is 10.2 Å². The molecule has 158 valence electrons. The molecule has 31 heavy (non-hydrogen) atoms. The van der Waals surface area contributed by atoms with Crippen molar-refractivity contribution in [1.82, 2.24) is 25.3 Å². The van der Waals surface area contributed by atoms with E-state index in [1.54, 1.807) is 12.7 Å². The summed E-state index contributed by atoms with van der Waals surface area (Å²) in [5.74, 6) is 1.64. The predicted octanol–water partition coefficient (Wildman–Crippen LogP) is 3.34. The molecule has 2 aliphatic rings. The smallest absolute Gasteiger partial charge is 0.223 e. The van der Waals surface area contributed by atoms with E-state index in [4.69, 9.17) is 0 Å². The molecule has 1 amide bonds. The Hall–Kier alpha value is -3.35. The molecule has 0 bridgehead atoms. The van der Waals surface area contributed by atoms with Crippen LogP contribution in [0.2, 0.25) is 0 Å². The Morgan fingerprint density at radius 1 is 0.935 bits per heavy atom. The highest BCUT2D eigenvalue weighted by Crippen LogP contribution is 2.38. The summed E-state index contributed by atoms with van der Waals surface area (Å²) in [6, 6.07) is 14.2. The number of amides is 1. The maximum atomic E-state index is 12.7. The maximum Gasteiger partial charge on any atom is 0.223 e. The van der Waals surface area contributed by atoms with Crippen LogP contribution in [0.5, 0.6) is 0 Å². The third kappa shape index (κ3) is 4.71. The van der Waals surface area contributed by atoms with Crippen LogP contribution in [0, 0.1) is 5.92 Å². The van der Waals surface area contributed by atoms with E-state index in [2.05, 4.69) is 30.2 Å². The van der Waals surface area contributed by atoms with Crippen molar-refractivity contribution in [2.24, 2.45) is 5.92 Å². The van der Waals surface area contributed by atoms with Gasteiger partial charge in [-0.15, -0.1) is 0 Å². The highest BCUT2D eigenvalue weighted by atomic mass is 16.1. The first-order valence-electron chi connectivity index (χ1n) is 11.0. The standard InChI is InChI=1S/C24H26N6O/c31-24(25-14-20-12-21(18-6-7-18)27-15-26-20)19-8-10-30(11-9-19)23-13-22(28-16-29-23)17-4-2-1-3-5-17/h1-5,12-13,15-16,18-19H,6-11,14H2,(H,25,31). The van der Waals surface area contributed by atoms with E-state index in [0.29, 0.717) is 12.5 Å². The number of carbonyl (C=O) groups is 1. The number of nitrogens with one attached hydrogen (secondary N) is 1. The summed E-state index contributed by atoms with van der Waals surface area (Å²) in [5.41, 5.74) is 3.99. The Bertz CT molecular complexity index is 1040. The van der Waals surface area contributed by atoms with Crippen LogP contribution in [0.4, 0.5) is 5.82 Å². The average molecular weight is 415 g/mol. The Morgan fingerprint density at radius 3 is 2.48 bits per heavy atom. The van der Waals surface area contributed by atoms with Gasteiger partial charge in [-0.05, 0) is 31.7 Å². The summed E-state index contributed by atoms with van der Waals surface area (Å²) in [6.07, 6.45) is 7.27. The molecule has 0 radical (unpaired) electrons. The summed E-state index contributed by atoms with van der Waals surface area (Å²) in [7, 11) is 0. The van der Waals surface area contributed by atoms with Gasteiger partial charge in [0.25, 0.3) is 0 Å². The summed E-state index contributed by atoms with van der Waals surface area (Å²) >= 11 is 0. The largest absolute Gasteiger partial charge is 0.356 e. The molecule has 0 atom stereocenters. The van der Waals surface area contributed by atoms with Crippen molar-refractivity contribution in [3.63, 3.8) is 0 Å². The second-order valence-electron chi connectivity index (χ2n) is 8.32. The normalized spacial score (nSPS) is 16.8. The minimum Gasteiger partial charge on any atom is -0.356 e. The number of rotatable bonds is 6. The molecule has 3 heterocycles. The molecule has 1 saturated heterocycles. The molecule has 3 aromatic rings. The van der Waals surface area contributed by atoms with E-state index in [9.17, 15) is 4.79 Å². The Labute approximate surface area is 182 Å². The van der Waals surface area contributed by atoms with Crippen molar-refractivity contribution in [2.75, 3.05) is 18.0 Å². The maximum absolute atomic E-state index is 12.7. The summed E-state index contributed by atoms with van der Waals surface area (Å²) in [4.78, 5) is 32.4. The molecule has 1 aliphatic heterocycles. The molecule has 1 aromatic carbocycles. The number of nitrogens with zero attached hydrogens (tertiary/aromatic N) is 5. The molecule has 7 nitrogen and oxygen atoms in total. The van der Waals surface area contributed by atoms with Crippen LogP contribution in [0.15, 0.2) is 55.1 Å². The zero-order valence-corrected chi connectivity index (χ0v) is 17.4. The first kappa shape index (κ1) is 19.6. The topological polar surface area (TPSA) is 83.9 Å². The monoisotopic (exact) mass is 414 g/mol. The van der Waals surface area contributed by atoms with Gasteiger partial charge in [-0.3, -0.25) is 4.79 Å². The molecule has 0 spiro atoms. The lowest BCUT2D eigenvalue weighted by atomic mass is 9.96.